The van der Waals surface area contributed by atoms with Crippen molar-refractivity contribution in [1.29, 1.82) is 0 Å². The number of piperidine rings is 1. The first-order valence-corrected chi connectivity index (χ1v) is 10.6. The topological polar surface area (TPSA) is 89.9 Å². The third-order valence-electron chi connectivity index (χ3n) is 6.41. The standard InChI is InChI=1S/C22H19ClN6O2/c1-12-6-7-24-20-18(12)22(30)29(11-25-20)10-17-26-21(27-31-17)19-15-8-28(9-16(15)19)14-4-2-13(23)3-5-14/h2-7,11,15-16,19H,8-10H2,1H3/t15-,16+,19-. The van der Waals surface area contributed by atoms with Gasteiger partial charge in [0.05, 0.1) is 5.39 Å². The number of halogens is 1. The smallest absolute Gasteiger partial charge is 0.263 e. The van der Waals surface area contributed by atoms with Gasteiger partial charge in [0, 0.05) is 35.9 Å². The molecule has 3 aromatic heterocycles. The Kier molecular flexibility index (Phi) is 4.11. The van der Waals surface area contributed by atoms with Gasteiger partial charge in [-0.25, -0.2) is 9.97 Å². The Labute approximate surface area is 182 Å². The van der Waals surface area contributed by atoms with Crippen LogP contribution in [0.3, 0.4) is 0 Å². The monoisotopic (exact) mass is 434 g/mol. The molecule has 9 heteroatoms. The van der Waals surface area contributed by atoms with E-state index in [1.165, 1.54) is 16.6 Å². The van der Waals surface area contributed by atoms with Crippen molar-refractivity contribution in [2.75, 3.05) is 18.0 Å². The van der Waals surface area contributed by atoms with Crippen molar-refractivity contribution in [3.8, 4) is 0 Å². The van der Waals surface area contributed by atoms with Crippen molar-refractivity contribution in [3.05, 3.63) is 75.5 Å². The molecule has 6 rings (SSSR count). The van der Waals surface area contributed by atoms with Gasteiger partial charge in [-0.05, 0) is 54.7 Å². The summed E-state index contributed by atoms with van der Waals surface area (Å²) in [6.07, 6.45) is 3.14. The summed E-state index contributed by atoms with van der Waals surface area (Å²) in [6, 6.07) is 9.76. The number of rotatable bonds is 4. The molecule has 2 aliphatic rings. The van der Waals surface area contributed by atoms with Gasteiger partial charge in [-0.2, -0.15) is 4.98 Å². The largest absolute Gasteiger partial charge is 0.371 e. The summed E-state index contributed by atoms with van der Waals surface area (Å²) in [5.41, 5.74) is 2.33. The number of pyridine rings is 1. The number of hydrogen-bond donors (Lipinski definition) is 0. The molecule has 0 radical (unpaired) electrons. The van der Waals surface area contributed by atoms with Crippen molar-refractivity contribution in [1.82, 2.24) is 24.7 Å². The summed E-state index contributed by atoms with van der Waals surface area (Å²) in [4.78, 5) is 28.3. The van der Waals surface area contributed by atoms with Crippen LogP contribution in [-0.2, 0) is 6.54 Å². The Bertz CT molecular complexity index is 1340. The highest BCUT2D eigenvalue weighted by Gasteiger charge is 2.58. The Morgan fingerprint density at radius 1 is 1.13 bits per heavy atom. The van der Waals surface area contributed by atoms with Crippen molar-refractivity contribution >= 4 is 28.3 Å². The Hall–Kier alpha value is -3.26. The molecule has 2 fully saturated rings. The van der Waals surface area contributed by atoms with E-state index in [-0.39, 0.29) is 12.1 Å². The fourth-order valence-corrected chi connectivity index (χ4v) is 4.85. The molecule has 1 saturated heterocycles. The van der Waals surface area contributed by atoms with Gasteiger partial charge in [-0.1, -0.05) is 16.8 Å². The minimum Gasteiger partial charge on any atom is -0.371 e. The molecular formula is C22H19ClN6O2. The van der Waals surface area contributed by atoms with Crippen LogP contribution < -0.4 is 10.5 Å². The summed E-state index contributed by atoms with van der Waals surface area (Å²) in [5, 5.41) is 5.47. The zero-order valence-electron chi connectivity index (χ0n) is 16.8. The van der Waals surface area contributed by atoms with Crippen LogP contribution in [0.15, 0.2) is 52.2 Å². The lowest BCUT2D eigenvalue weighted by molar-refractivity contribution is 0.363. The summed E-state index contributed by atoms with van der Waals surface area (Å²) in [5.74, 6) is 2.53. The van der Waals surface area contributed by atoms with Crippen LogP contribution in [0.2, 0.25) is 5.02 Å². The molecule has 1 aliphatic carbocycles. The first-order valence-electron chi connectivity index (χ1n) is 10.2. The second kappa shape index (κ2) is 6.88. The molecule has 31 heavy (non-hydrogen) atoms. The van der Waals surface area contributed by atoms with Gasteiger partial charge in [0.25, 0.3) is 5.56 Å². The quantitative estimate of drug-likeness (QED) is 0.487. The molecule has 4 heterocycles. The van der Waals surface area contributed by atoms with Gasteiger partial charge in [-0.15, -0.1) is 0 Å². The van der Waals surface area contributed by atoms with Gasteiger partial charge in [0.15, 0.2) is 11.5 Å². The van der Waals surface area contributed by atoms with Gasteiger partial charge in [0.2, 0.25) is 5.89 Å². The van der Waals surface area contributed by atoms with E-state index < -0.39 is 0 Å². The number of hydrogen-bond acceptors (Lipinski definition) is 7. The van der Waals surface area contributed by atoms with E-state index in [1.54, 1.807) is 12.3 Å². The fraction of sp³-hybridized carbons (Fsp3) is 0.318. The molecular weight excluding hydrogens is 416 g/mol. The van der Waals surface area contributed by atoms with E-state index in [9.17, 15) is 4.79 Å². The third kappa shape index (κ3) is 3.09. The third-order valence-corrected chi connectivity index (χ3v) is 6.66. The molecule has 3 atom stereocenters. The zero-order valence-corrected chi connectivity index (χ0v) is 17.5. The van der Waals surface area contributed by atoms with Crippen molar-refractivity contribution in [2.45, 2.75) is 19.4 Å². The van der Waals surface area contributed by atoms with Gasteiger partial charge < -0.3 is 9.42 Å². The predicted octanol–water partition coefficient (Wildman–Crippen LogP) is 3.03. The van der Waals surface area contributed by atoms with E-state index >= 15 is 0 Å². The highest BCUT2D eigenvalue weighted by atomic mass is 35.5. The Morgan fingerprint density at radius 2 is 1.90 bits per heavy atom. The number of benzene rings is 1. The molecule has 0 bridgehead atoms. The summed E-state index contributed by atoms with van der Waals surface area (Å²) in [7, 11) is 0. The Morgan fingerprint density at radius 3 is 2.68 bits per heavy atom. The molecule has 1 aliphatic heterocycles. The van der Waals surface area contributed by atoms with Crippen LogP contribution in [0, 0.1) is 18.8 Å². The zero-order chi connectivity index (χ0) is 21.1. The first-order chi connectivity index (χ1) is 15.1. The summed E-state index contributed by atoms with van der Waals surface area (Å²) < 4.78 is 6.95. The lowest BCUT2D eigenvalue weighted by atomic mass is 10.2. The number of aromatic nitrogens is 5. The lowest BCUT2D eigenvalue weighted by Crippen LogP contribution is -2.23. The Balaban J connectivity index is 1.17. The first kappa shape index (κ1) is 18.5. The summed E-state index contributed by atoms with van der Waals surface area (Å²) in [6.45, 7) is 4.02. The maximum Gasteiger partial charge on any atom is 0.263 e. The highest BCUT2D eigenvalue weighted by Crippen LogP contribution is 2.57. The molecule has 1 aromatic carbocycles. The van der Waals surface area contributed by atoms with Gasteiger partial charge in [-0.3, -0.25) is 9.36 Å². The minimum absolute atomic E-state index is 0.155. The van der Waals surface area contributed by atoms with Crippen LogP contribution >= 0.6 is 11.6 Å². The van der Waals surface area contributed by atoms with Crippen LogP contribution in [0.5, 0.6) is 0 Å². The summed E-state index contributed by atoms with van der Waals surface area (Å²) >= 11 is 5.99. The maximum atomic E-state index is 12.8. The molecule has 0 unspecified atom stereocenters. The number of nitrogens with zero attached hydrogens (tertiary/aromatic N) is 6. The number of aryl methyl sites for hydroxylation is 1. The van der Waals surface area contributed by atoms with Crippen molar-refractivity contribution < 1.29 is 4.52 Å². The highest BCUT2D eigenvalue weighted by molar-refractivity contribution is 6.30. The van der Waals surface area contributed by atoms with Crippen LogP contribution in [-0.4, -0.2) is 37.8 Å². The lowest BCUT2D eigenvalue weighted by Gasteiger charge is -2.21. The molecule has 0 amide bonds. The van der Waals surface area contributed by atoms with Gasteiger partial charge >= 0.3 is 0 Å². The van der Waals surface area contributed by atoms with E-state index in [0.29, 0.717) is 34.7 Å². The van der Waals surface area contributed by atoms with Gasteiger partial charge in [0.1, 0.15) is 12.9 Å². The van der Waals surface area contributed by atoms with E-state index in [0.717, 1.165) is 29.5 Å². The number of anilines is 1. The van der Waals surface area contributed by atoms with Crippen LogP contribution in [0.25, 0.3) is 11.0 Å². The normalized spacial score (nSPS) is 22.1. The number of fused-ring (bicyclic) bond motifs is 2. The SMILES string of the molecule is Cc1ccnc2ncn(Cc3nc([C@@H]4[C@@H]5CN(c6ccc(Cl)cc6)C[C@@H]54)no3)c(=O)c12. The molecule has 0 N–H and O–H groups in total. The van der Waals surface area contributed by atoms with E-state index in [1.807, 2.05) is 19.1 Å². The van der Waals surface area contributed by atoms with Crippen molar-refractivity contribution in [2.24, 2.45) is 11.8 Å². The predicted molar refractivity (Wildman–Crippen MR) is 115 cm³/mol. The average Bonchev–Trinajstić information content (AvgIpc) is 3.09. The molecule has 156 valence electrons. The average molecular weight is 435 g/mol. The molecule has 0 spiro atoms. The fourth-order valence-electron chi connectivity index (χ4n) is 4.72. The molecule has 4 aromatic rings. The second-order valence-corrected chi connectivity index (χ2v) is 8.72. The van der Waals surface area contributed by atoms with Crippen LogP contribution in [0.1, 0.15) is 23.2 Å². The van der Waals surface area contributed by atoms with Crippen LogP contribution in [0.4, 0.5) is 5.69 Å². The molecule has 1 saturated carbocycles. The minimum atomic E-state index is -0.155. The second-order valence-electron chi connectivity index (χ2n) is 8.29. The molecule has 8 nitrogen and oxygen atoms in total. The maximum absolute atomic E-state index is 12.8. The van der Waals surface area contributed by atoms with E-state index in [4.69, 9.17) is 16.1 Å². The van der Waals surface area contributed by atoms with E-state index in [2.05, 4.69) is 37.1 Å². The van der Waals surface area contributed by atoms with Crippen molar-refractivity contribution in [3.63, 3.8) is 0 Å².